The summed E-state index contributed by atoms with van der Waals surface area (Å²) >= 11 is -2.22. The normalized spacial score (nSPS) is 11.9. The van der Waals surface area contributed by atoms with Crippen molar-refractivity contribution in [1.29, 1.82) is 0 Å². The Morgan fingerprint density at radius 3 is 2.44 bits per heavy atom. The molecule has 0 fully saturated rings. The second kappa shape index (κ2) is 4.86. The number of aromatic carboxylic acids is 1. The van der Waals surface area contributed by atoms with Crippen molar-refractivity contribution in [2.75, 3.05) is 5.32 Å². The van der Waals surface area contributed by atoms with E-state index in [9.17, 15) is 13.8 Å². The molecule has 86 valence electrons. The van der Waals surface area contributed by atoms with E-state index in [0.717, 1.165) is 12.1 Å². The smallest absolute Gasteiger partial charge is 0.337 e. The SMILES string of the molecule is CC(=O)Nc1cc(S(=O)O)ccc1C(=O)O. The van der Waals surface area contributed by atoms with E-state index in [1.54, 1.807) is 0 Å². The first-order valence-electron chi connectivity index (χ1n) is 4.17. The molecule has 1 amide bonds. The zero-order valence-electron chi connectivity index (χ0n) is 8.26. The number of carbonyl (C=O) groups is 2. The number of carboxylic acid groups (broad SMARTS) is 1. The van der Waals surface area contributed by atoms with Crippen molar-refractivity contribution in [3.8, 4) is 0 Å². The van der Waals surface area contributed by atoms with E-state index in [1.165, 1.54) is 13.0 Å². The Bertz CT molecular complexity index is 471. The zero-order valence-corrected chi connectivity index (χ0v) is 9.08. The second-order valence-electron chi connectivity index (χ2n) is 2.94. The van der Waals surface area contributed by atoms with Crippen LogP contribution in [0.4, 0.5) is 5.69 Å². The zero-order chi connectivity index (χ0) is 12.3. The third-order valence-corrected chi connectivity index (χ3v) is 2.39. The van der Waals surface area contributed by atoms with E-state index in [4.69, 9.17) is 9.66 Å². The van der Waals surface area contributed by atoms with E-state index < -0.39 is 23.0 Å². The van der Waals surface area contributed by atoms with Gasteiger partial charge in [-0.05, 0) is 18.2 Å². The Labute approximate surface area is 93.6 Å². The van der Waals surface area contributed by atoms with Crippen LogP contribution < -0.4 is 5.32 Å². The minimum atomic E-state index is -2.22. The van der Waals surface area contributed by atoms with Gasteiger partial charge in [0.2, 0.25) is 5.91 Å². The summed E-state index contributed by atoms with van der Waals surface area (Å²) in [6, 6.07) is 3.53. The number of anilines is 1. The topological polar surface area (TPSA) is 104 Å². The van der Waals surface area contributed by atoms with Crippen LogP contribution >= 0.6 is 0 Å². The predicted molar refractivity (Wildman–Crippen MR) is 56.7 cm³/mol. The summed E-state index contributed by atoms with van der Waals surface area (Å²) in [5.41, 5.74) is -0.135. The Kier molecular flexibility index (Phi) is 3.75. The molecular weight excluding hydrogens is 234 g/mol. The van der Waals surface area contributed by atoms with Crippen LogP contribution in [-0.4, -0.2) is 25.7 Å². The number of carbonyl (C=O) groups excluding carboxylic acids is 1. The molecule has 0 bridgehead atoms. The Hall–Kier alpha value is -1.73. The van der Waals surface area contributed by atoms with Gasteiger partial charge in [0.25, 0.3) is 0 Å². The van der Waals surface area contributed by atoms with Crippen molar-refractivity contribution in [3.05, 3.63) is 23.8 Å². The predicted octanol–water partition coefficient (Wildman–Crippen LogP) is 0.924. The molecule has 0 radical (unpaired) electrons. The molecule has 0 saturated heterocycles. The van der Waals surface area contributed by atoms with Gasteiger partial charge in [-0.3, -0.25) is 4.79 Å². The third-order valence-electron chi connectivity index (χ3n) is 1.73. The number of rotatable bonds is 3. The maximum absolute atomic E-state index is 10.8. The first kappa shape index (κ1) is 12.3. The van der Waals surface area contributed by atoms with Gasteiger partial charge in [0, 0.05) is 6.92 Å². The molecule has 3 N–H and O–H groups in total. The van der Waals surface area contributed by atoms with Gasteiger partial charge in [0.1, 0.15) is 0 Å². The minimum Gasteiger partial charge on any atom is -0.478 e. The molecule has 1 aromatic carbocycles. The van der Waals surface area contributed by atoms with Crippen molar-refractivity contribution < 1.29 is 23.5 Å². The lowest BCUT2D eigenvalue weighted by atomic mass is 10.2. The fourth-order valence-corrected chi connectivity index (χ4v) is 1.51. The molecule has 0 aliphatic carbocycles. The largest absolute Gasteiger partial charge is 0.478 e. The van der Waals surface area contributed by atoms with Crippen molar-refractivity contribution >= 4 is 28.6 Å². The lowest BCUT2D eigenvalue weighted by molar-refractivity contribution is -0.114. The van der Waals surface area contributed by atoms with Gasteiger partial charge in [0.05, 0.1) is 16.1 Å². The Morgan fingerprint density at radius 2 is 2.00 bits per heavy atom. The van der Waals surface area contributed by atoms with E-state index in [1.807, 2.05) is 0 Å². The lowest BCUT2D eigenvalue weighted by Gasteiger charge is -2.07. The summed E-state index contributed by atoms with van der Waals surface area (Å²) in [5.74, 6) is -1.68. The molecule has 0 aliphatic heterocycles. The maximum Gasteiger partial charge on any atom is 0.337 e. The van der Waals surface area contributed by atoms with Gasteiger partial charge >= 0.3 is 5.97 Å². The molecule has 0 saturated carbocycles. The van der Waals surface area contributed by atoms with E-state index in [-0.39, 0.29) is 16.1 Å². The van der Waals surface area contributed by atoms with E-state index in [2.05, 4.69) is 5.32 Å². The molecule has 0 spiro atoms. The van der Waals surface area contributed by atoms with Crippen molar-refractivity contribution in [1.82, 2.24) is 0 Å². The molecule has 0 heterocycles. The van der Waals surface area contributed by atoms with Crippen LogP contribution in [0.3, 0.4) is 0 Å². The van der Waals surface area contributed by atoms with Crippen molar-refractivity contribution in [2.45, 2.75) is 11.8 Å². The average molecular weight is 243 g/mol. The fourth-order valence-electron chi connectivity index (χ4n) is 1.11. The number of carboxylic acids is 1. The minimum absolute atomic E-state index is 0.0000926. The maximum atomic E-state index is 10.8. The molecule has 0 aliphatic rings. The monoisotopic (exact) mass is 243 g/mol. The van der Waals surface area contributed by atoms with E-state index in [0.29, 0.717) is 0 Å². The average Bonchev–Trinajstić information content (AvgIpc) is 2.15. The number of hydrogen-bond donors (Lipinski definition) is 3. The standard InChI is InChI=1S/C9H9NO5S/c1-5(11)10-8-4-6(16(14)15)2-3-7(8)9(12)13/h2-4H,1H3,(H,10,11)(H,12,13)(H,14,15). The summed E-state index contributed by atoms with van der Waals surface area (Å²) in [5, 5.41) is 11.1. The highest BCUT2D eigenvalue weighted by atomic mass is 32.2. The van der Waals surface area contributed by atoms with Gasteiger partial charge < -0.3 is 15.0 Å². The number of hydrogen-bond acceptors (Lipinski definition) is 3. The van der Waals surface area contributed by atoms with Crippen molar-refractivity contribution in [2.24, 2.45) is 0 Å². The van der Waals surface area contributed by atoms with Crippen LogP contribution in [0.5, 0.6) is 0 Å². The molecule has 1 unspecified atom stereocenters. The highest BCUT2D eigenvalue weighted by Gasteiger charge is 2.13. The van der Waals surface area contributed by atoms with Crippen LogP contribution in [0.15, 0.2) is 23.1 Å². The quantitative estimate of drug-likeness (QED) is 0.685. The van der Waals surface area contributed by atoms with Gasteiger partial charge in [-0.2, -0.15) is 0 Å². The fraction of sp³-hybridized carbons (Fsp3) is 0.111. The molecule has 6 nitrogen and oxygen atoms in total. The highest BCUT2D eigenvalue weighted by Crippen LogP contribution is 2.19. The number of amides is 1. The van der Waals surface area contributed by atoms with Gasteiger partial charge in [-0.1, -0.05) is 0 Å². The molecule has 1 atom stereocenters. The van der Waals surface area contributed by atoms with Crippen LogP contribution in [0.2, 0.25) is 0 Å². The summed E-state index contributed by atoms with van der Waals surface area (Å²) in [7, 11) is 0. The van der Waals surface area contributed by atoms with Crippen molar-refractivity contribution in [3.63, 3.8) is 0 Å². The highest BCUT2D eigenvalue weighted by molar-refractivity contribution is 7.79. The van der Waals surface area contributed by atoms with Gasteiger partial charge in [0.15, 0.2) is 11.1 Å². The Morgan fingerprint density at radius 1 is 1.38 bits per heavy atom. The van der Waals surface area contributed by atoms with E-state index >= 15 is 0 Å². The molecule has 1 rings (SSSR count). The van der Waals surface area contributed by atoms with Crippen LogP contribution in [0, 0.1) is 0 Å². The summed E-state index contributed by atoms with van der Waals surface area (Å²) < 4.78 is 19.6. The molecule has 1 aromatic rings. The van der Waals surface area contributed by atoms with Crippen LogP contribution in [0.25, 0.3) is 0 Å². The first-order valence-corrected chi connectivity index (χ1v) is 5.28. The number of benzene rings is 1. The number of nitrogens with one attached hydrogen (secondary N) is 1. The summed E-state index contributed by atoms with van der Waals surface area (Å²) in [4.78, 5) is 21.6. The molecule has 7 heteroatoms. The first-order chi connectivity index (χ1) is 7.41. The van der Waals surface area contributed by atoms with Crippen LogP contribution in [0.1, 0.15) is 17.3 Å². The molecule has 16 heavy (non-hydrogen) atoms. The summed E-state index contributed by atoms with van der Waals surface area (Å²) in [6.45, 7) is 1.22. The Balaban J connectivity index is 3.26. The molecular formula is C9H9NO5S. The van der Waals surface area contributed by atoms with Gasteiger partial charge in [-0.25, -0.2) is 9.00 Å². The van der Waals surface area contributed by atoms with Gasteiger partial charge in [-0.15, -0.1) is 0 Å². The second-order valence-corrected chi connectivity index (χ2v) is 3.91. The lowest BCUT2D eigenvalue weighted by Crippen LogP contribution is -2.11. The third kappa shape index (κ3) is 2.88. The summed E-state index contributed by atoms with van der Waals surface area (Å²) in [6.07, 6.45) is 0. The molecule has 0 aromatic heterocycles. The van der Waals surface area contributed by atoms with Crippen LogP contribution in [-0.2, 0) is 15.9 Å².